The van der Waals surface area contributed by atoms with Gasteiger partial charge in [-0.15, -0.1) is 0 Å². The van der Waals surface area contributed by atoms with Gasteiger partial charge < -0.3 is 23.8 Å². The molecule has 1 fully saturated rings. The molecule has 1 saturated heterocycles. The lowest BCUT2D eigenvalue weighted by Crippen LogP contribution is -2.45. The first kappa shape index (κ1) is 24.2. The van der Waals surface area contributed by atoms with Crippen molar-refractivity contribution in [3.05, 3.63) is 77.9 Å². The molecule has 3 aromatic rings. The molecule has 5 rings (SSSR count). The van der Waals surface area contributed by atoms with E-state index >= 15 is 0 Å². The molecule has 2 aliphatic rings. The summed E-state index contributed by atoms with van der Waals surface area (Å²) in [6, 6.07) is 17.8. The number of hydrogen-bond donors (Lipinski definition) is 0. The summed E-state index contributed by atoms with van der Waals surface area (Å²) in [5.74, 6) is 1.22. The molecular weight excluding hydrogens is 476 g/mol. The molecule has 2 aliphatic heterocycles. The van der Waals surface area contributed by atoms with Gasteiger partial charge in [0.05, 0.1) is 25.8 Å². The number of carbonyl (C=O) groups is 3. The van der Waals surface area contributed by atoms with Crippen LogP contribution in [0.2, 0.25) is 0 Å². The van der Waals surface area contributed by atoms with E-state index in [-0.39, 0.29) is 31.6 Å². The van der Waals surface area contributed by atoms with Crippen LogP contribution in [0.4, 0.5) is 5.69 Å². The van der Waals surface area contributed by atoms with E-state index in [1.165, 1.54) is 4.90 Å². The predicted molar refractivity (Wildman–Crippen MR) is 134 cm³/mol. The summed E-state index contributed by atoms with van der Waals surface area (Å²) in [5, 5.41) is 0. The lowest BCUT2D eigenvalue weighted by atomic mass is 10.1. The van der Waals surface area contributed by atoms with Crippen molar-refractivity contribution in [1.29, 1.82) is 0 Å². The average molecular weight is 503 g/mol. The molecule has 0 N–H and O–H groups in total. The molecule has 0 aromatic heterocycles. The van der Waals surface area contributed by atoms with Crippen LogP contribution in [0.5, 0.6) is 23.0 Å². The number of benzene rings is 3. The van der Waals surface area contributed by atoms with E-state index in [1.807, 2.05) is 13.0 Å². The Bertz CT molecular complexity index is 1320. The van der Waals surface area contributed by atoms with Gasteiger partial charge in [-0.3, -0.25) is 14.4 Å². The van der Waals surface area contributed by atoms with Crippen molar-refractivity contribution in [2.75, 3.05) is 25.4 Å². The summed E-state index contributed by atoms with van der Waals surface area (Å²) in [5.41, 5.74) is 1.55. The Morgan fingerprint density at radius 3 is 2.38 bits per heavy atom. The van der Waals surface area contributed by atoms with Crippen LogP contribution in [-0.4, -0.2) is 49.2 Å². The van der Waals surface area contributed by atoms with Gasteiger partial charge in [0.2, 0.25) is 12.7 Å². The molecule has 37 heavy (non-hydrogen) atoms. The van der Waals surface area contributed by atoms with Crippen molar-refractivity contribution in [1.82, 2.24) is 4.90 Å². The number of methoxy groups -OCH3 is 1. The van der Waals surface area contributed by atoms with Gasteiger partial charge in [0, 0.05) is 12.1 Å². The lowest BCUT2D eigenvalue weighted by Gasteiger charge is -2.28. The second-order valence-corrected chi connectivity index (χ2v) is 8.56. The zero-order valence-electron chi connectivity index (χ0n) is 20.5. The third-order valence-corrected chi connectivity index (χ3v) is 6.29. The number of amides is 3. The van der Waals surface area contributed by atoms with Crippen LogP contribution in [0.15, 0.2) is 66.7 Å². The molecule has 9 nitrogen and oxygen atoms in total. The zero-order chi connectivity index (χ0) is 25.9. The van der Waals surface area contributed by atoms with Crippen molar-refractivity contribution < 1.29 is 33.3 Å². The predicted octanol–water partition coefficient (Wildman–Crippen LogP) is 3.80. The lowest BCUT2D eigenvalue weighted by molar-refractivity contribution is -0.122. The number of nitrogens with zero attached hydrogens (tertiary/aromatic N) is 2. The maximum atomic E-state index is 13.7. The van der Waals surface area contributed by atoms with Crippen molar-refractivity contribution in [2.45, 2.75) is 25.9 Å². The molecule has 3 amide bonds. The highest BCUT2D eigenvalue weighted by Gasteiger charge is 2.44. The van der Waals surface area contributed by atoms with Crippen molar-refractivity contribution in [2.24, 2.45) is 0 Å². The molecule has 2 heterocycles. The third-order valence-electron chi connectivity index (χ3n) is 6.29. The molecule has 0 radical (unpaired) electrons. The Kier molecular flexibility index (Phi) is 6.68. The van der Waals surface area contributed by atoms with E-state index in [0.717, 1.165) is 10.5 Å². The first-order valence-corrected chi connectivity index (χ1v) is 11.9. The summed E-state index contributed by atoms with van der Waals surface area (Å²) in [7, 11) is 1.54. The molecule has 0 spiro atoms. The van der Waals surface area contributed by atoms with Gasteiger partial charge in [-0.2, -0.15) is 0 Å². The Hall–Kier alpha value is -4.53. The van der Waals surface area contributed by atoms with Gasteiger partial charge in [-0.1, -0.05) is 6.07 Å². The largest absolute Gasteiger partial charge is 0.497 e. The minimum Gasteiger partial charge on any atom is -0.497 e. The topological polar surface area (TPSA) is 94.6 Å². The van der Waals surface area contributed by atoms with Crippen LogP contribution in [0, 0.1) is 0 Å². The molecule has 190 valence electrons. The number of fused-ring (bicyclic) bond motifs is 1. The smallest absolute Gasteiger partial charge is 0.257 e. The van der Waals surface area contributed by atoms with Crippen LogP contribution >= 0.6 is 0 Å². The number of carbonyl (C=O) groups excluding carboxylic acids is 3. The van der Waals surface area contributed by atoms with Crippen LogP contribution in [0.1, 0.15) is 29.3 Å². The SMILES string of the molecule is CCOc1ccc(N2C(=O)CC(N(Cc3ccc4c(c3)OCO4)C(=O)c3ccc(OC)cc3)C2=O)cc1. The van der Waals surface area contributed by atoms with E-state index in [0.29, 0.717) is 40.9 Å². The van der Waals surface area contributed by atoms with Crippen LogP contribution in [0.3, 0.4) is 0 Å². The molecule has 3 aromatic carbocycles. The Labute approximate surface area is 214 Å². The van der Waals surface area contributed by atoms with Gasteiger partial charge in [-0.05, 0) is 73.2 Å². The first-order valence-electron chi connectivity index (χ1n) is 11.9. The summed E-state index contributed by atoms with van der Waals surface area (Å²) >= 11 is 0. The fraction of sp³-hybridized carbons (Fsp3) is 0.250. The molecular formula is C28H26N2O7. The summed E-state index contributed by atoms with van der Waals surface area (Å²) in [6.45, 7) is 2.61. The van der Waals surface area contributed by atoms with Gasteiger partial charge in [0.15, 0.2) is 11.5 Å². The second kappa shape index (κ2) is 10.2. The molecule has 9 heteroatoms. The number of ether oxygens (including phenoxy) is 4. The first-order chi connectivity index (χ1) is 18.0. The van der Waals surface area contributed by atoms with Gasteiger partial charge >= 0.3 is 0 Å². The highest BCUT2D eigenvalue weighted by Crippen LogP contribution is 2.34. The fourth-order valence-corrected chi connectivity index (χ4v) is 4.45. The summed E-state index contributed by atoms with van der Waals surface area (Å²) in [4.78, 5) is 42.9. The average Bonchev–Trinajstić information content (AvgIpc) is 3.51. The number of anilines is 1. The summed E-state index contributed by atoms with van der Waals surface area (Å²) < 4.78 is 21.5. The number of hydrogen-bond acceptors (Lipinski definition) is 7. The van der Waals surface area contributed by atoms with Crippen LogP contribution in [-0.2, 0) is 16.1 Å². The molecule has 0 saturated carbocycles. The van der Waals surface area contributed by atoms with Gasteiger partial charge in [0.1, 0.15) is 17.5 Å². The number of rotatable bonds is 8. The van der Waals surface area contributed by atoms with Crippen LogP contribution in [0.25, 0.3) is 0 Å². The highest BCUT2D eigenvalue weighted by molar-refractivity contribution is 6.23. The quantitative estimate of drug-likeness (QED) is 0.433. The maximum Gasteiger partial charge on any atom is 0.257 e. The van der Waals surface area contributed by atoms with Crippen LogP contribution < -0.4 is 23.8 Å². The van der Waals surface area contributed by atoms with E-state index in [2.05, 4.69) is 0 Å². The molecule has 0 aliphatic carbocycles. The van der Waals surface area contributed by atoms with Crippen molar-refractivity contribution in [3.63, 3.8) is 0 Å². The molecule has 1 atom stereocenters. The van der Waals surface area contributed by atoms with Crippen molar-refractivity contribution in [3.8, 4) is 23.0 Å². The second-order valence-electron chi connectivity index (χ2n) is 8.56. The monoisotopic (exact) mass is 502 g/mol. The summed E-state index contributed by atoms with van der Waals surface area (Å²) in [6.07, 6.45) is -0.126. The standard InChI is InChI=1S/C28H26N2O7/c1-3-35-22-11-7-20(8-12-22)30-26(31)15-23(28(30)33)29(27(32)19-5-9-21(34-2)10-6-19)16-18-4-13-24-25(14-18)37-17-36-24/h4-14,23H,3,15-17H2,1-2H3. The van der Waals surface area contributed by atoms with E-state index < -0.39 is 11.9 Å². The number of imide groups is 1. The minimum absolute atomic E-state index is 0.0995. The normalized spacial score (nSPS) is 16.2. The molecule has 1 unspecified atom stereocenters. The van der Waals surface area contributed by atoms with E-state index in [9.17, 15) is 14.4 Å². The minimum atomic E-state index is -0.973. The third kappa shape index (κ3) is 4.80. The van der Waals surface area contributed by atoms with E-state index in [4.69, 9.17) is 18.9 Å². The Morgan fingerprint density at radius 1 is 0.973 bits per heavy atom. The fourth-order valence-electron chi connectivity index (χ4n) is 4.45. The highest BCUT2D eigenvalue weighted by atomic mass is 16.7. The maximum absolute atomic E-state index is 13.7. The Morgan fingerprint density at radius 2 is 1.68 bits per heavy atom. The van der Waals surface area contributed by atoms with E-state index in [1.54, 1.807) is 67.8 Å². The molecule has 0 bridgehead atoms. The van der Waals surface area contributed by atoms with Gasteiger partial charge in [-0.25, -0.2) is 4.90 Å². The zero-order valence-corrected chi connectivity index (χ0v) is 20.5. The van der Waals surface area contributed by atoms with Crippen molar-refractivity contribution >= 4 is 23.4 Å². The van der Waals surface area contributed by atoms with Gasteiger partial charge in [0.25, 0.3) is 11.8 Å². The Balaban J connectivity index is 1.46.